The normalized spacial score (nSPS) is 12.8. The summed E-state index contributed by atoms with van der Waals surface area (Å²) >= 11 is 0. The van der Waals surface area contributed by atoms with Gasteiger partial charge in [-0.25, -0.2) is 0 Å². The molecule has 8 heteroatoms. The number of rotatable bonds is 6. The molecule has 0 aliphatic heterocycles. The van der Waals surface area contributed by atoms with Gasteiger partial charge in [0.2, 0.25) is 23.1 Å². The molecular weight excluding hydrogens is 218 g/mol. The van der Waals surface area contributed by atoms with Crippen molar-refractivity contribution in [3.05, 3.63) is 0 Å². The molecule has 7 N–H and O–H groups in total. The van der Waals surface area contributed by atoms with Gasteiger partial charge in [-0.3, -0.25) is 19.2 Å². The van der Waals surface area contributed by atoms with E-state index in [0.717, 1.165) is 0 Å². The van der Waals surface area contributed by atoms with Gasteiger partial charge in [-0.15, -0.1) is 0 Å². The number of amides is 3. The summed E-state index contributed by atoms with van der Waals surface area (Å²) in [6, 6.07) is 0. The van der Waals surface area contributed by atoms with Crippen molar-refractivity contribution in [3.63, 3.8) is 0 Å². The van der Waals surface area contributed by atoms with Crippen LogP contribution >= 0.6 is 0 Å². The number of carbonyl (C=O) groups is 4. The lowest BCUT2D eigenvalue weighted by atomic mass is 9.72. The van der Waals surface area contributed by atoms with E-state index in [1.807, 2.05) is 0 Å². The van der Waals surface area contributed by atoms with E-state index in [1.165, 1.54) is 6.92 Å². The van der Waals surface area contributed by atoms with Gasteiger partial charge in [-0.1, -0.05) is 6.92 Å². The summed E-state index contributed by atoms with van der Waals surface area (Å²) in [6.45, 7) is 1.36. The molecule has 0 radical (unpaired) electrons. The fraction of sp³-hybridized carbons (Fsp3) is 0.500. The first-order valence-corrected chi connectivity index (χ1v) is 4.35. The first-order valence-electron chi connectivity index (χ1n) is 4.35. The lowest BCUT2D eigenvalue weighted by Gasteiger charge is -2.28. The van der Waals surface area contributed by atoms with Gasteiger partial charge in [0, 0.05) is 0 Å². The van der Waals surface area contributed by atoms with E-state index < -0.39 is 35.0 Å². The first kappa shape index (κ1) is 13.9. The first-order chi connectivity index (χ1) is 7.22. The summed E-state index contributed by atoms with van der Waals surface area (Å²) in [7, 11) is 0. The van der Waals surface area contributed by atoms with Crippen LogP contribution in [0.2, 0.25) is 0 Å². The van der Waals surface area contributed by atoms with Crippen LogP contribution < -0.4 is 17.2 Å². The van der Waals surface area contributed by atoms with Crippen molar-refractivity contribution in [1.82, 2.24) is 0 Å². The van der Waals surface area contributed by atoms with Gasteiger partial charge in [-0.05, 0) is 6.42 Å². The van der Waals surface area contributed by atoms with Gasteiger partial charge in [0.05, 0.1) is 5.92 Å². The minimum absolute atomic E-state index is 0.190. The number of carbonyl (C=O) groups excluding carboxylic acids is 3. The summed E-state index contributed by atoms with van der Waals surface area (Å²) in [6.07, 6.45) is -0.190. The number of hydrogen-bond acceptors (Lipinski definition) is 4. The van der Waals surface area contributed by atoms with E-state index >= 15 is 0 Å². The predicted octanol–water partition coefficient (Wildman–Crippen LogP) is -2.46. The van der Waals surface area contributed by atoms with E-state index in [1.54, 1.807) is 0 Å². The van der Waals surface area contributed by atoms with Crippen LogP contribution in [-0.2, 0) is 19.2 Å². The van der Waals surface area contributed by atoms with Crippen molar-refractivity contribution >= 4 is 23.7 Å². The molecule has 0 saturated carbocycles. The maximum atomic E-state index is 11.2. The standard InChI is InChI=1S/C8H13N3O5/c1-2-3(4(12)13)8(5(9)14,6(10)15)7(11)16/h3H,2H2,1H3,(H2,9,14)(H2,10,15)(H2,11,16)(H,12,13). The van der Waals surface area contributed by atoms with Crippen LogP contribution in [-0.4, -0.2) is 28.8 Å². The quantitative estimate of drug-likeness (QED) is 0.371. The summed E-state index contributed by atoms with van der Waals surface area (Å²) in [5.74, 6) is -7.58. The Morgan fingerprint density at radius 1 is 1.06 bits per heavy atom. The summed E-state index contributed by atoms with van der Waals surface area (Å²) in [5.41, 5.74) is 12.0. The highest BCUT2D eigenvalue weighted by atomic mass is 16.4. The van der Waals surface area contributed by atoms with Crippen LogP contribution in [0.4, 0.5) is 0 Å². The molecule has 0 bridgehead atoms. The maximum Gasteiger partial charge on any atom is 0.308 e. The molecule has 0 saturated heterocycles. The second kappa shape index (κ2) is 4.60. The van der Waals surface area contributed by atoms with Crippen molar-refractivity contribution < 1.29 is 24.3 Å². The van der Waals surface area contributed by atoms with E-state index in [9.17, 15) is 19.2 Å². The van der Waals surface area contributed by atoms with Gasteiger partial charge in [0.25, 0.3) is 0 Å². The Labute approximate surface area is 90.8 Å². The smallest absolute Gasteiger partial charge is 0.308 e. The van der Waals surface area contributed by atoms with Crippen molar-refractivity contribution in [1.29, 1.82) is 0 Å². The van der Waals surface area contributed by atoms with Crippen LogP contribution in [0.3, 0.4) is 0 Å². The van der Waals surface area contributed by atoms with Crippen molar-refractivity contribution in [2.24, 2.45) is 28.5 Å². The highest BCUT2D eigenvalue weighted by Crippen LogP contribution is 2.30. The largest absolute Gasteiger partial charge is 0.481 e. The van der Waals surface area contributed by atoms with Crippen LogP contribution in [0.15, 0.2) is 0 Å². The van der Waals surface area contributed by atoms with Gasteiger partial charge in [-0.2, -0.15) is 0 Å². The Morgan fingerprint density at radius 3 is 1.44 bits per heavy atom. The topological polar surface area (TPSA) is 167 Å². The maximum absolute atomic E-state index is 11.2. The molecule has 0 rings (SSSR count). The molecule has 0 aromatic rings. The lowest BCUT2D eigenvalue weighted by Crippen LogP contribution is -2.61. The van der Waals surface area contributed by atoms with Gasteiger partial charge in [0.15, 0.2) is 0 Å². The zero-order chi connectivity index (χ0) is 13.1. The molecule has 0 aliphatic carbocycles. The molecular formula is C8H13N3O5. The molecule has 0 aromatic heterocycles. The van der Waals surface area contributed by atoms with Crippen LogP contribution in [0, 0.1) is 11.3 Å². The third-order valence-electron chi connectivity index (χ3n) is 2.40. The molecule has 16 heavy (non-hydrogen) atoms. The van der Waals surface area contributed by atoms with E-state index in [2.05, 4.69) is 0 Å². The highest BCUT2D eigenvalue weighted by molar-refractivity contribution is 6.23. The third-order valence-corrected chi connectivity index (χ3v) is 2.40. The van der Waals surface area contributed by atoms with Crippen LogP contribution in [0.1, 0.15) is 13.3 Å². The van der Waals surface area contributed by atoms with Crippen LogP contribution in [0.25, 0.3) is 0 Å². The number of hydrogen-bond donors (Lipinski definition) is 4. The number of aliphatic carboxylic acids is 1. The number of carboxylic acids is 1. The average molecular weight is 231 g/mol. The molecule has 1 unspecified atom stereocenters. The lowest BCUT2D eigenvalue weighted by molar-refractivity contribution is -0.163. The van der Waals surface area contributed by atoms with Crippen molar-refractivity contribution in [2.75, 3.05) is 0 Å². The Morgan fingerprint density at radius 2 is 1.38 bits per heavy atom. The molecule has 8 nitrogen and oxygen atoms in total. The number of nitrogens with two attached hydrogens (primary N) is 3. The summed E-state index contributed by atoms with van der Waals surface area (Å²) < 4.78 is 0. The third kappa shape index (κ3) is 1.81. The summed E-state index contributed by atoms with van der Waals surface area (Å²) in [5, 5.41) is 8.83. The fourth-order valence-electron chi connectivity index (χ4n) is 1.55. The predicted molar refractivity (Wildman–Crippen MR) is 51.4 cm³/mol. The van der Waals surface area contributed by atoms with E-state index in [-0.39, 0.29) is 6.42 Å². The molecule has 90 valence electrons. The van der Waals surface area contributed by atoms with Crippen molar-refractivity contribution in [3.8, 4) is 0 Å². The highest BCUT2D eigenvalue weighted by Gasteiger charge is 2.57. The second-order valence-corrected chi connectivity index (χ2v) is 3.20. The molecule has 0 aliphatic rings. The Bertz CT molecular complexity index is 316. The molecule has 0 fully saturated rings. The van der Waals surface area contributed by atoms with E-state index in [4.69, 9.17) is 22.3 Å². The molecule has 0 aromatic carbocycles. The molecule has 0 heterocycles. The zero-order valence-electron chi connectivity index (χ0n) is 8.60. The molecule has 3 amide bonds. The Hall–Kier alpha value is -2.12. The SMILES string of the molecule is CCC(C(=O)O)C(C(N)=O)(C(N)=O)C(N)=O. The minimum atomic E-state index is -2.69. The number of carboxylic acid groups (broad SMARTS) is 1. The fourth-order valence-corrected chi connectivity index (χ4v) is 1.55. The zero-order valence-corrected chi connectivity index (χ0v) is 8.60. The van der Waals surface area contributed by atoms with Gasteiger partial charge >= 0.3 is 5.97 Å². The number of primary amides is 3. The second-order valence-electron chi connectivity index (χ2n) is 3.20. The Kier molecular flexibility index (Phi) is 3.99. The molecule has 0 spiro atoms. The monoisotopic (exact) mass is 231 g/mol. The average Bonchev–Trinajstić information content (AvgIpc) is 2.10. The minimum Gasteiger partial charge on any atom is -0.481 e. The summed E-state index contributed by atoms with van der Waals surface area (Å²) in [4.78, 5) is 44.4. The van der Waals surface area contributed by atoms with E-state index in [0.29, 0.717) is 0 Å². The Balaban J connectivity index is 5.88. The van der Waals surface area contributed by atoms with Crippen LogP contribution in [0.5, 0.6) is 0 Å². The van der Waals surface area contributed by atoms with Gasteiger partial charge in [0.1, 0.15) is 0 Å². The molecule has 1 atom stereocenters. The van der Waals surface area contributed by atoms with Gasteiger partial charge < -0.3 is 22.3 Å². The van der Waals surface area contributed by atoms with Crippen molar-refractivity contribution in [2.45, 2.75) is 13.3 Å².